The van der Waals surface area contributed by atoms with E-state index in [1.165, 1.54) is 17.3 Å². The SMILES string of the molecule is Cc1ccc(-n2c(SCC(=O)N(C)C(C)c3nc4ccccc4s3)nnc2N2CCCC2)cc1. The quantitative estimate of drug-likeness (QED) is 0.335. The highest BCUT2D eigenvalue weighted by molar-refractivity contribution is 7.99. The molecule has 9 heteroatoms. The summed E-state index contributed by atoms with van der Waals surface area (Å²) < 4.78 is 3.22. The Morgan fingerprint density at radius 2 is 1.85 bits per heavy atom. The Morgan fingerprint density at radius 3 is 2.59 bits per heavy atom. The van der Waals surface area contributed by atoms with E-state index in [2.05, 4.69) is 56.9 Å². The largest absolute Gasteiger partial charge is 0.341 e. The van der Waals surface area contributed by atoms with Crippen molar-refractivity contribution < 1.29 is 4.79 Å². The second kappa shape index (κ2) is 9.76. The Bertz CT molecular complexity index is 1260. The molecule has 1 aliphatic heterocycles. The zero-order valence-electron chi connectivity index (χ0n) is 19.6. The molecule has 0 aliphatic carbocycles. The summed E-state index contributed by atoms with van der Waals surface area (Å²) in [5.41, 5.74) is 3.20. The molecule has 1 aliphatic rings. The highest BCUT2D eigenvalue weighted by Crippen LogP contribution is 2.31. The van der Waals surface area contributed by atoms with Gasteiger partial charge >= 0.3 is 0 Å². The lowest BCUT2D eigenvalue weighted by Crippen LogP contribution is -2.31. The summed E-state index contributed by atoms with van der Waals surface area (Å²) in [6.07, 6.45) is 2.33. The Kier molecular flexibility index (Phi) is 6.56. The van der Waals surface area contributed by atoms with Crippen molar-refractivity contribution in [1.29, 1.82) is 0 Å². The monoisotopic (exact) mass is 492 g/mol. The minimum atomic E-state index is -0.0966. The Balaban J connectivity index is 1.33. The predicted octanol–water partition coefficient (Wildman–Crippen LogP) is 5.10. The molecule has 1 unspecified atom stereocenters. The van der Waals surface area contributed by atoms with E-state index in [9.17, 15) is 4.79 Å². The average molecular weight is 493 g/mol. The lowest BCUT2D eigenvalue weighted by molar-refractivity contribution is -0.128. The van der Waals surface area contributed by atoms with Crippen LogP contribution in [0.4, 0.5) is 5.95 Å². The van der Waals surface area contributed by atoms with Crippen LogP contribution in [0, 0.1) is 6.92 Å². The van der Waals surface area contributed by atoms with Gasteiger partial charge in [-0.25, -0.2) is 4.98 Å². The highest BCUT2D eigenvalue weighted by Gasteiger charge is 2.25. The van der Waals surface area contributed by atoms with Gasteiger partial charge in [0.05, 0.1) is 27.7 Å². The molecule has 34 heavy (non-hydrogen) atoms. The van der Waals surface area contributed by atoms with E-state index in [1.807, 2.05) is 32.2 Å². The molecule has 0 radical (unpaired) electrons. The van der Waals surface area contributed by atoms with Crippen molar-refractivity contribution in [1.82, 2.24) is 24.6 Å². The van der Waals surface area contributed by atoms with Gasteiger partial charge in [-0.2, -0.15) is 0 Å². The molecule has 0 bridgehead atoms. The first kappa shape index (κ1) is 22.9. The molecule has 2 aromatic heterocycles. The number of aryl methyl sites for hydroxylation is 1. The molecule has 1 amide bonds. The van der Waals surface area contributed by atoms with E-state index < -0.39 is 0 Å². The molecule has 0 N–H and O–H groups in total. The third-order valence-corrected chi connectivity index (χ3v) is 8.38. The van der Waals surface area contributed by atoms with E-state index in [4.69, 9.17) is 4.98 Å². The first-order valence-corrected chi connectivity index (χ1v) is 13.3. The minimum Gasteiger partial charge on any atom is -0.341 e. The fraction of sp³-hybridized carbons (Fsp3) is 0.360. The number of fused-ring (bicyclic) bond motifs is 1. The molecule has 2 aromatic carbocycles. The summed E-state index contributed by atoms with van der Waals surface area (Å²) in [5, 5.41) is 10.7. The van der Waals surface area contributed by atoms with Crippen LogP contribution in [0.1, 0.15) is 36.4 Å². The molecule has 5 rings (SSSR count). The zero-order valence-corrected chi connectivity index (χ0v) is 21.3. The van der Waals surface area contributed by atoms with Crippen LogP contribution in [-0.2, 0) is 4.79 Å². The number of thiazole rings is 1. The normalized spacial score (nSPS) is 14.6. The van der Waals surface area contributed by atoms with E-state index in [0.717, 1.165) is 57.9 Å². The number of benzene rings is 2. The van der Waals surface area contributed by atoms with Crippen molar-refractivity contribution in [2.75, 3.05) is 30.8 Å². The summed E-state index contributed by atoms with van der Waals surface area (Å²) in [6.45, 7) is 6.07. The average Bonchev–Trinajstić information content (AvgIpc) is 3.61. The number of rotatable bonds is 7. The molecule has 3 heterocycles. The van der Waals surface area contributed by atoms with Gasteiger partial charge in [0, 0.05) is 20.1 Å². The Hall–Kier alpha value is -2.91. The molecule has 176 valence electrons. The van der Waals surface area contributed by atoms with Crippen LogP contribution in [0.25, 0.3) is 15.9 Å². The fourth-order valence-corrected chi connectivity index (χ4v) is 6.01. The van der Waals surface area contributed by atoms with E-state index in [0.29, 0.717) is 0 Å². The van der Waals surface area contributed by atoms with Gasteiger partial charge in [-0.1, -0.05) is 41.6 Å². The first-order chi connectivity index (χ1) is 16.5. The Labute approximate surface area is 207 Å². The molecule has 1 saturated heterocycles. The summed E-state index contributed by atoms with van der Waals surface area (Å²) in [6, 6.07) is 16.3. The van der Waals surface area contributed by atoms with Gasteiger partial charge in [0.2, 0.25) is 11.9 Å². The maximum absolute atomic E-state index is 13.1. The molecule has 0 saturated carbocycles. The van der Waals surface area contributed by atoms with Gasteiger partial charge in [0.1, 0.15) is 5.01 Å². The predicted molar refractivity (Wildman–Crippen MR) is 139 cm³/mol. The van der Waals surface area contributed by atoms with Crippen LogP contribution in [0.2, 0.25) is 0 Å². The summed E-state index contributed by atoms with van der Waals surface area (Å²) in [4.78, 5) is 21.9. The van der Waals surface area contributed by atoms with Crippen molar-refractivity contribution in [3.63, 3.8) is 0 Å². The second-order valence-electron chi connectivity index (χ2n) is 8.64. The fourth-order valence-electron chi connectivity index (χ4n) is 4.08. The number of carbonyl (C=O) groups excluding carboxylic acids is 1. The van der Waals surface area contributed by atoms with Crippen molar-refractivity contribution >= 4 is 45.2 Å². The van der Waals surface area contributed by atoms with Crippen LogP contribution in [0.3, 0.4) is 0 Å². The third kappa shape index (κ3) is 4.54. The van der Waals surface area contributed by atoms with Crippen molar-refractivity contribution in [2.24, 2.45) is 0 Å². The highest BCUT2D eigenvalue weighted by atomic mass is 32.2. The van der Waals surface area contributed by atoms with Gasteiger partial charge in [0.25, 0.3) is 0 Å². The maximum Gasteiger partial charge on any atom is 0.233 e. The number of nitrogens with zero attached hydrogens (tertiary/aromatic N) is 6. The zero-order chi connectivity index (χ0) is 23.7. The smallest absolute Gasteiger partial charge is 0.233 e. The van der Waals surface area contributed by atoms with Crippen molar-refractivity contribution in [3.05, 3.63) is 59.1 Å². The maximum atomic E-state index is 13.1. The minimum absolute atomic E-state index is 0.0398. The van der Waals surface area contributed by atoms with Crippen LogP contribution >= 0.6 is 23.1 Å². The molecule has 1 fully saturated rings. The molecule has 1 atom stereocenters. The van der Waals surface area contributed by atoms with E-state index in [1.54, 1.807) is 16.2 Å². The lowest BCUT2D eigenvalue weighted by atomic mass is 10.2. The molecule has 0 spiro atoms. The summed E-state index contributed by atoms with van der Waals surface area (Å²) in [5.74, 6) is 1.18. The summed E-state index contributed by atoms with van der Waals surface area (Å²) in [7, 11) is 1.85. The van der Waals surface area contributed by atoms with Crippen LogP contribution < -0.4 is 4.90 Å². The summed E-state index contributed by atoms with van der Waals surface area (Å²) >= 11 is 3.07. The first-order valence-electron chi connectivity index (χ1n) is 11.5. The van der Waals surface area contributed by atoms with E-state index >= 15 is 0 Å². The number of carbonyl (C=O) groups is 1. The van der Waals surface area contributed by atoms with Gasteiger partial charge in [0.15, 0.2) is 5.16 Å². The number of amides is 1. The number of thioether (sulfide) groups is 1. The van der Waals surface area contributed by atoms with Crippen LogP contribution in [0.15, 0.2) is 53.7 Å². The molecule has 7 nitrogen and oxygen atoms in total. The number of hydrogen-bond donors (Lipinski definition) is 0. The van der Waals surface area contributed by atoms with Crippen LogP contribution in [-0.4, -0.2) is 56.4 Å². The topological polar surface area (TPSA) is 67.2 Å². The van der Waals surface area contributed by atoms with Crippen LogP contribution in [0.5, 0.6) is 0 Å². The Morgan fingerprint density at radius 1 is 1.12 bits per heavy atom. The number of anilines is 1. The van der Waals surface area contributed by atoms with Crippen molar-refractivity contribution in [3.8, 4) is 5.69 Å². The molecular weight excluding hydrogens is 464 g/mol. The van der Waals surface area contributed by atoms with Gasteiger partial charge in [-0.15, -0.1) is 21.5 Å². The third-order valence-electron chi connectivity index (χ3n) is 6.26. The standard InChI is InChI=1S/C25H28N6OS2/c1-17-10-12-19(13-11-17)31-24(30-14-6-7-15-30)27-28-25(31)33-16-22(32)29(3)18(2)23-26-20-8-4-5-9-21(20)34-23/h4-5,8-13,18H,6-7,14-16H2,1-3H3. The number of para-hydroxylation sites is 1. The van der Waals surface area contributed by atoms with Crippen molar-refractivity contribution in [2.45, 2.75) is 37.9 Å². The number of hydrogen-bond acceptors (Lipinski definition) is 7. The second-order valence-corrected chi connectivity index (χ2v) is 10.6. The number of aromatic nitrogens is 4. The lowest BCUT2D eigenvalue weighted by Gasteiger charge is -2.23. The molecule has 4 aromatic rings. The van der Waals surface area contributed by atoms with Gasteiger partial charge in [-0.05, 0) is 51.0 Å². The van der Waals surface area contributed by atoms with Gasteiger partial charge < -0.3 is 9.80 Å². The van der Waals surface area contributed by atoms with Gasteiger partial charge in [-0.3, -0.25) is 9.36 Å². The van der Waals surface area contributed by atoms with E-state index in [-0.39, 0.29) is 17.7 Å². The molecular formula is C25H28N6OS2.